The molecule has 5 rings (SSSR count). The quantitative estimate of drug-likeness (QED) is 0.425. The van der Waals surface area contributed by atoms with Crippen molar-refractivity contribution < 1.29 is 13.9 Å². The van der Waals surface area contributed by atoms with Gasteiger partial charge in [0.2, 0.25) is 0 Å². The van der Waals surface area contributed by atoms with E-state index in [9.17, 15) is 14.0 Å². The molecule has 2 aromatic carbocycles. The molecule has 2 atom stereocenters. The number of piperidine rings is 1. The first-order valence-electron chi connectivity index (χ1n) is 12.3. The average molecular weight is 504 g/mol. The lowest BCUT2D eigenvalue weighted by molar-refractivity contribution is -0.140. The second kappa shape index (κ2) is 9.38. The topological polar surface area (TPSA) is 95.4 Å². The van der Waals surface area contributed by atoms with Crippen LogP contribution in [0.2, 0.25) is 0 Å². The summed E-state index contributed by atoms with van der Waals surface area (Å²) >= 11 is 0. The molecule has 2 aromatic heterocycles. The number of fused-ring (bicyclic) bond motifs is 1. The highest BCUT2D eigenvalue weighted by Gasteiger charge is 2.38. The van der Waals surface area contributed by atoms with Gasteiger partial charge in [-0.1, -0.05) is 32.0 Å². The van der Waals surface area contributed by atoms with Crippen molar-refractivity contribution in [2.24, 2.45) is 5.41 Å². The van der Waals surface area contributed by atoms with Gasteiger partial charge in [0.1, 0.15) is 22.8 Å². The van der Waals surface area contributed by atoms with Crippen LogP contribution in [0.4, 0.5) is 10.2 Å². The molecule has 1 aliphatic rings. The fourth-order valence-electron chi connectivity index (χ4n) is 5.26. The zero-order valence-corrected chi connectivity index (χ0v) is 21.1. The van der Waals surface area contributed by atoms with E-state index in [1.165, 1.54) is 16.4 Å². The Labute approximate surface area is 214 Å². The molecule has 8 nitrogen and oxygen atoms in total. The molecule has 2 N–H and O–H groups in total. The smallest absolute Gasteiger partial charge is 0.334 e. The molecule has 1 saturated heterocycles. The number of halogens is 1. The molecular weight excluding hydrogens is 473 g/mol. The van der Waals surface area contributed by atoms with Crippen molar-refractivity contribution in [1.82, 2.24) is 19.0 Å². The number of nitrogens with zero attached hydrogens (tertiary/aromatic N) is 4. The second-order valence-electron chi connectivity index (χ2n) is 10.3. The Hall–Kier alpha value is -4.14. The van der Waals surface area contributed by atoms with E-state index >= 15 is 0 Å². The summed E-state index contributed by atoms with van der Waals surface area (Å²) in [6, 6.07) is 18.0. The lowest BCUT2D eigenvalue weighted by Gasteiger charge is -2.43. The Bertz CT molecular complexity index is 1490. The molecule has 0 spiro atoms. The number of hydrogen-bond donors (Lipinski definition) is 1. The van der Waals surface area contributed by atoms with Crippen molar-refractivity contribution >= 4 is 22.8 Å². The molecule has 1 fully saturated rings. The van der Waals surface area contributed by atoms with Gasteiger partial charge < -0.3 is 15.4 Å². The highest BCUT2D eigenvalue weighted by Crippen LogP contribution is 2.37. The number of aromatic nitrogens is 3. The Balaban J connectivity index is 1.58. The predicted octanol–water partition coefficient (Wildman–Crippen LogP) is 4.72. The third-order valence-electron chi connectivity index (χ3n) is 6.74. The SMILES string of the molecule is CC(F)C(=O)N1C[C@@H](n2c(=O)n(-c3ccc(Oc4ccccc4)cc3)c3c(N)nccc32)CC(C)(C)C1. The molecule has 1 unspecified atom stereocenters. The highest BCUT2D eigenvalue weighted by atomic mass is 19.1. The summed E-state index contributed by atoms with van der Waals surface area (Å²) in [5.74, 6) is 0.989. The van der Waals surface area contributed by atoms with E-state index in [-0.39, 0.29) is 29.5 Å². The minimum atomic E-state index is -1.61. The first-order valence-corrected chi connectivity index (χ1v) is 12.3. The highest BCUT2D eigenvalue weighted by molar-refractivity contribution is 5.87. The number of anilines is 1. The molecule has 4 aromatic rings. The van der Waals surface area contributed by atoms with Gasteiger partial charge in [-0.2, -0.15) is 0 Å². The van der Waals surface area contributed by atoms with Crippen LogP contribution in [0.3, 0.4) is 0 Å². The molecule has 1 amide bonds. The van der Waals surface area contributed by atoms with Crippen molar-refractivity contribution in [3.8, 4) is 17.2 Å². The van der Waals surface area contributed by atoms with Crippen LogP contribution in [0.1, 0.15) is 33.2 Å². The molecule has 0 radical (unpaired) electrons. The fourth-order valence-corrected chi connectivity index (χ4v) is 5.26. The monoisotopic (exact) mass is 503 g/mol. The van der Waals surface area contributed by atoms with Crippen LogP contribution >= 0.6 is 0 Å². The molecular formula is C28H30FN5O3. The Morgan fingerprint density at radius 1 is 1.11 bits per heavy atom. The molecule has 0 bridgehead atoms. The third kappa shape index (κ3) is 4.69. The van der Waals surface area contributed by atoms with Gasteiger partial charge in [-0.25, -0.2) is 14.2 Å². The van der Waals surface area contributed by atoms with Crippen molar-refractivity contribution in [3.63, 3.8) is 0 Å². The van der Waals surface area contributed by atoms with Crippen LogP contribution in [0.5, 0.6) is 11.5 Å². The minimum absolute atomic E-state index is 0.221. The van der Waals surface area contributed by atoms with Crippen LogP contribution in [-0.2, 0) is 4.79 Å². The number of nitrogens with two attached hydrogens (primary N) is 1. The number of alkyl halides is 1. The standard InChI is InChI=1S/C28H30FN5O3/c1-18(29)26(35)32-16-20(15-28(2,3)17-32)33-23-13-14-31-25(30)24(23)34(27(33)36)19-9-11-22(12-10-19)37-21-7-5-4-6-8-21/h4-14,18,20H,15-17H2,1-3H3,(H2,30,31)/t18?,20-/m0/s1. The number of pyridine rings is 1. The van der Waals surface area contributed by atoms with Gasteiger partial charge in [-0.3, -0.25) is 13.9 Å². The summed E-state index contributed by atoms with van der Waals surface area (Å²) in [5, 5.41) is 0. The number of para-hydroxylation sites is 1. The number of amides is 1. The number of carbonyl (C=O) groups is 1. The molecule has 37 heavy (non-hydrogen) atoms. The molecule has 9 heteroatoms. The first kappa shape index (κ1) is 24.5. The van der Waals surface area contributed by atoms with Crippen LogP contribution in [-0.4, -0.2) is 44.2 Å². The maximum Gasteiger partial charge on any atom is 0.334 e. The molecule has 0 aliphatic carbocycles. The van der Waals surface area contributed by atoms with Gasteiger partial charge in [0.05, 0.1) is 17.2 Å². The predicted molar refractivity (Wildman–Crippen MR) is 141 cm³/mol. The summed E-state index contributed by atoms with van der Waals surface area (Å²) < 4.78 is 23.0. The lowest BCUT2D eigenvalue weighted by Crippen LogP contribution is -2.51. The van der Waals surface area contributed by atoms with Crippen molar-refractivity contribution in [1.29, 1.82) is 0 Å². The van der Waals surface area contributed by atoms with Crippen LogP contribution in [0, 0.1) is 5.41 Å². The second-order valence-corrected chi connectivity index (χ2v) is 10.3. The normalized spacial score (nSPS) is 18.1. The number of carbonyl (C=O) groups excluding carboxylic acids is 1. The largest absolute Gasteiger partial charge is 0.457 e. The number of rotatable bonds is 5. The van der Waals surface area contributed by atoms with E-state index in [0.717, 1.165) is 0 Å². The number of nitrogen functional groups attached to an aromatic ring is 1. The number of ether oxygens (including phenoxy) is 1. The summed E-state index contributed by atoms with van der Waals surface area (Å²) in [6.45, 7) is 5.95. The summed E-state index contributed by atoms with van der Waals surface area (Å²) in [7, 11) is 0. The number of imidazole rings is 1. The summed E-state index contributed by atoms with van der Waals surface area (Å²) in [4.78, 5) is 32.3. The van der Waals surface area contributed by atoms with Crippen LogP contribution in [0.25, 0.3) is 16.7 Å². The van der Waals surface area contributed by atoms with Gasteiger partial charge in [-0.05, 0) is 61.2 Å². The van der Waals surface area contributed by atoms with E-state index in [1.807, 2.05) is 44.2 Å². The van der Waals surface area contributed by atoms with E-state index in [4.69, 9.17) is 10.5 Å². The summed E-state index contributed by atoms with van der Waals surface area (Å²) in [6.07, 6.45) is 0.599. The maximum absolute atomic E-state index is 14.0. The van der Waals surface area contributed by atoms with Gasteiger partial charge in [0, 0.05) is 19.3 Å². The number of likely N-dealkylation sites (tertiary alicyclic amines) is 1. The Morgan fingerprint density at radius 2 is 1.78 bits per heavy atom. The van der Waals surface area contributed by atoms with E-state index in [1.54, 1.807) is 41.1 Å². The third-order valence-corrected chi connectivity index (χ3v) is 6.74. The molecule has 3 heterocycles. The minimum Gasteiger partial charge on any atom is -0.457 e. The van der Waals surface area contributed by atoms with E-state index < -0.39 is 12.1 Å². The average Bonchev–Trinajstić information content (AvgIpc) is 3.16. The van der Waals surface area contributed by atoms with E-state index in [0.29, 0.717) is 41.2 Å². The van der Waals surface area contributed by atoms with Crippen molar-refractivity contribution in [2.75, 3.05) is 18.8 Å². The maximum atomic E-state index is 14.0. The molecule has 192 valence electrons. The number of benzene rings is 2. The van der Waals surface area contributed by atoms with Crippen LogP contribution in [0.15, 0.2) is 71.7 Å². The first-order chi connectivity index (χ1) is 17.6. The lowest BCUT2D eigenvalue weighted by atomic mass is 9.81. The molecule has 1 aliphatic heterocycles. The number of hydrogen-bond acceptors (Lipinski definition) is 5. The zero-order valence-electron chi connectivity index (χ0n) is 21.1. The van der Waals surface area contributed by atoms with Gasteiger partial charge >= 0.3 is 5.69 Å². The van der Waals surface area contributed by atoms with Gasteiger partial charge in [-0.15, -0.1) is 0 Å². The fraction of sp³-hybridized carbons (Fsp3) is 0.321. The van der Waals surface area contributed by atoms with Crippen molar-refractivity contribution in [2.45, 2.75) is 39.4 Å². The Kier molecular flexibility index (Phi) is 6.23. The zero-order chi connectivity index (χ0) is 26.3. The van der Waals surface area contributed by atoms with Crippen LogP contribution < -0.4 is 16.2 Å². The molecule has 0 saturated carbocycles. The summed E-state index contributed by atoms with van der Waals surface area (Å²) in [5.41, 5.74) is 7.39. The van der Waals surface area contributed by atoms with Gasteiger partial charge in [0.15, 0.2) is 6.17 Å². The van der Waals surface area contributed by atoms with Crippen molar-refractivity contribution in [3.05, 3.63) is 77.3 Å². The van der Waals surface area contributed by atoms with Gasteiger partial charge in [0.25, 0.3) is 5.91 Å². The Morgan fingerprint density at radius 3 is 2.46 bits per heavy atom. The van der Waals surface area contributed by atoms with E-state index in [2.05, 4.69) is 4.98 Å².